The lowest BCUT2D eigenvalue weighted by Gasteiger charge is -2.28. The third kappa shape index (κ3) is 3.31. The summed E-state index contributed by atoms with van der Waals surface area (Å²) in [6.07, 6.45) is 6.32. The molecule has 0 saturated heterocycles. The minimum absolute atomic E-state index is 0. The quantitative estimate of drug-likeness (QED) is 0.841. The molecule has 0 aliphatic heterocycles. The molecule has 1 saturated carbocycles. The van der Waals surface area contributed by atoms with Crippen LogP contribution in [0.4, 0.5) is 0 Å². The number of halogens is 2. The van der Waals surface area contributed by atoms with Gasteiger partial charge in [0.15, 0.2) is 0 Å². The molecule has 1 heterocycles. The maximum absolute atomic E-state index is 8.87. The van der Waals surface area contributed by atoms with Crippen molar-refractivity contribution in [2.75, 3.05) is 0 Å². The fourth-order valence-corrected chi connectivity index (χ4v) is 2.02. The standard InChI is InChI=1S/C9H16N4O.2ClH/c10-8-3-1-2-4-9(8)13-5-7(6-14)11-12-13;;/h5,8-9,14H,1-4,6,10H2;2*1H. The molecule has 1 aromatic rings. The van der Waals surface area contributed by atoms with Crippen molar-refractivity contribution >= 4 is 24.8 Å². The lowest BCUT2D eigenvalue weighted by molar-refractivity contribution is 0.275. The molecule has 2 unspecified atom stereocenters. The van der Waals surface area contributed by atoms with E-state index in [9.17, 15) is 0 Å². The van der Waals surface area contributed by atoms with Gasteiger partial charge in [-0.2, -0.15) is 0 Å². The minimum Gasteiger partial charge on any atom is -0.390 e. The van der Waals surface area contributed by atoms with Gasteiger partial charge < -0.3 is 10.8 Å². The summed E-state index contributed by atoms with van der Waals surface area (Å²) in [4.78, 5) is 0. The van der Waals surface area contributed by atoms with Crippen LogP contribution in [0.5, 0.6) is 0 Å². The van der Waals surface area contributed by atoms with Crippen LogP contribution in [-0.2, 0) is 6.61 Å². The second-order valence-corrected chi connectivity index (χ2v) is 3.86. The summed E-state index contributed by atoms with van der Waals surface area (Å²) in [5.41, 5.74) is 6.62. The first-order valence-electron chi connectivity index (χ1n) is 5.08. The summed E-state index contributed by atoms with van der Waals surface area (Å²) in [6, 6.07) is 0.438. The smallest absolute Gasteiger partial charge is 0.108 e. The van der Waals surface area contributed by atoms with E-state index >= 15 is 0 Å². The van der Waals surface area contributed by atoms with Crippen molar-refractivity contribution in [3.8, 4) is 0 Å². The van der Waals surface area contributed by atoms with Gasteiger partial charge in [-0.25, -0.2) is 4.68 Å². The maximum Gasteiger partial charge on any atom is 0.108 e. The van der Waals surface area contributed by atoms with E-state index in [1.165, 1.54) is 12.8 Å². The molecule has 1 aliphatic rings. The maximum atomic E-state index is 8.87. The van der Waals surface area contributed by atoms with E-state index in [0.29, 0.717) is 5.69 Å². The third-order valence-corrected chi connectivity index (χ3v) is 2.84. The first kappa shape index (κ1) is 15.6. The highest BCUT2D eigenvalue weighted by Crippen LogP contribution is 2.26. The Bertz CT molecular complexity index is 307. The van der Waals surface area contributed by atoms with Crippen molar-refractivity contribution in [3.63, 3.8) is 0 Å². The van der Waals surface area contributed by atoms with Crippen LogP contribution in [-0.4, -0.2) is 26.1 Å². The van der Waals surface area contributed by atoms with Crippen molar-refractivity contribution in [2.24, 2.45) is 5.73 Å². The number of aromatic nitrogens is 3. The zero-order chi connectivity index (χ0) is 9.97. The molecule has 7 heteroatoms. The van der Waals surface area contributed by atoms with E-state index in [-0.39, 0.29) is 43.5 Å². The van der Waals surface area contributed by atoms with E-state index in [1.807, 2.05) is 0 Å². The van der Waals surface area contributed by atoms with E-state index in [2.05, 4.69) is 10.3 Å². The van der Waals surface area contributed by atoms with Gasteiger partial charge in [0.2, 0.25) is 0 Å². The van der Waals surface area contributed by atoms with Crippen LogP contribution in [0.15, 0.2) is 6.20 Å². The number of aliphatic hydroxyl groups is 1. The minimum atomic E-state index is -0.0536. The van der Waals surface area contributed by atoms with E-state index in [1.54, 1.807) is 10.9 Å². The number of hydrogen-bond donors (Lipinski definition) is 2. The number of hydrogen-bond acceptors (Lipinski definition) is 4. The van der Waals surface area contributed by atoms with Gasteiger partial charge in [0, 0.05) is 6.04 Å². The van der Waals surface area contributed by atoms with Crippen molar-refractivity contribution in [1.29, 1.82) is 0 Å². The molecule has 1 aliphatic carbocycles. The fourth-order valence-electron chi connectivity index (χ4n) is 2.02. The molecule has 2 atom stereocenters. The lowest BCUT2D eigenvalue weighted by atomic mass is 9.91. The van der Waals surface area contributed by atoms with Gasteiger partial charge in [-0.1, -0.05) is 18.1 Å². The number of aliphatic hydroxyl groups excluding tert-OH is 1. The Hall–Kier alpha value is -0.360. The topological polar surface area (TPSA) is 77.0 Å². The van der Waals surface area contributed by atoms with E-state index in [4.69, 9.17) is 10.8 Å². The van der Waals surface area contributed by atoms with Crippen molar-refractivity contribution in [2.45, 2.75) is 44.4 Å². The van der Waals surface area contributed by atoms with Gasteiger partial charge in [0.05, 0.1) is 18.8 Å². The fraction of sp³-hybridized carbons (Fsp3) is 0.778. The SMILES string of the molecule is Cl.Cl.NC1CCCCC1n1cc(CO)nn1. The molecular weight excluding hydrogens is 251 g/mol. The Morgan fingerprint density at radius 2 is 2.06 bits per heavy atom. The van der Waals surface area contributed by atoms with E-state index in [0.717, 1.165) is 12.8 Å². The summed E-state index contributed by atoms with van der Waals surface area (Å²) in [6.45, 7) is -0.0536. The summed E-state index contributed by atoms with van der Waals surface area (Å²) in [5.74, 6) is 0. The van der Waals surface area contributed by atoms with Crippen LogP contribution < -0.4 is 5.73 Å². The average molecular weight is 269 g/mol. The Labute approximate surface area is 107 Å². The van der Waals surface area contributed by atoms with E-state index < -0.39 is 0 Å². The Morgan fingerprint density at radius 1 is 1.38 bits per heavy atom. The lowest BCUT2D eigenvalue weighted by Crippen LogP contribution is -2.35. The molecule has 1 fully saturated rings. The Balaban J connectivity index is 0.00000112. The van der Waals surface area contributed by atoms with Crippen LogP contribution in [0.1, 0.15) is 37.4 Å². The molecule has 0 amide bonds. The van der Waals surface area contributed by atoms with Gasteiger partial charge in [0.1, 0.15) is 5.69 Å². The summed E-state index contributed by atoms with van der Waals surface area (Å²) >= 11 is 0. The molecule has 3 N–H and O–H groups in total. The predicted molar refractivity (Wildman–Crippen MR) is 65.9 cm³/mol. The predicted octanol–water partition coefficient (Wildman–Crippen LogP) is 1.06. The second kappa shape index (κ2) is 7.06. The van der Waals surface area contributed by atoms with Crippen LogP contribution in [0.2, 0.25) is 0 Å². The number of nitrogens with zero attached hydrogens (tertiary/aromatic N) is 3. The summed E-state index contributed by atoms with van der Waals surface area (Å²) in [7, 11) is 0. The third-order valence-electron chi connectivity index (χ3n) is 2.84. The van der Waals surface area contributed by atoms with Crippen LogP contribution in [0.25, 0.3) is 0 Å². The molecule has 5 nitrogen and oxygen atoms in total. The van der Waals surface area contributed by atoms with Gasteiger partial charge in [-0.15, -0.1) is 29.9 Å². The highest BCUT2D eigenvalue weighted by Gasteiger charge is 2.24. The molecule has 94 valence electrons. The molecule has 16 heavy (non-hydrogen) atoms. The van der Waals surface area contributed by atoms with Gasteiger partial charge >= 0.3 is 0 Å². The molecule has 0 spiro atoms. The van der Waals surface area contributed by atoms with Gasteiger partial charge in [-0.3, -0.25) is 0 Å². The van der Waals surface area contributed by atoms with Crippen LogP contribution in [0, 0.1) is 0 Å². The molecule has 0 aromatic carbocycles. The zero-order valence-electron chi connectivity index (χ0n) is 8.95. The zero-order valence-corrected chi connectivity index (χ0v) is 10.6. The summed E-state index contributed by atoms with van der Waals surface area (Å²) < 4.78 is 1.80. The Kier molecular flexibility index (Phi) is 6.90. The summed E-state index contributed by atoms with van der Waals surface area (Å²) in [5, 5.41) is 16.7. The van der Waals surface area contributed by atoms with Crippen molar-refractivity contribution < 1.29 is 5.11 Å². The second-order valence-electron chi connectivity index (χ2n) is 3.86. The van der Waals surface area contributed by atoms with Gasteiger partial charge in [0.25, 0.3) is 0 Å². The molecule has 0 radical (unpaired) electrons. The van der Waals surface area contributed by atoms with Gasteiger partial charge in [-0.05, 0) is 12.8 Å². The molecule has 2 rings (SSSR count). The van der Waals surface area contributed by atoms with Crippen molar-refractivity contribution in [1.82, 2.24) is 15.0 Å². The molecular formula is C9H18Cl2N4O. The number of rotatable bonds is 2. The highest BCUT2D eigenvalue weighted by molar-refractivity contribution is 5.85. The Morgan fingerprint density at radius 3 is 2.62 bits per heavy atom. The highest BCUT2D eigenvalue weighted by atomic mass is 35.5. The number of nitrogens with two attached hydrogens (primary N) is 1. The van der Waals surface area contributed by atoms with Crippen LogP contribution in [0.3, 0.4) is 0 Å². The first-order chi connectivity index (χ1) is 6.81. The monoisotopic (exact) mass is 268 g/mol. The molecule has 1 aromatic heterocycles. The first-order valence-corrected chi connectivity index (χ1v) is 5.08. The normalized spacial score (nSPS) is 24.4. The van der Waals surface area contributed by atoms with Crippen molar-refractivity contribution in [3.05, 3.63) is 11.9 Å². The van der Waals surface area contributed by atoms with Crippen LogP contribution >= 0.6 is 24.8 Å². The molecule has 0 bridgehead atoms. The largest absolute Gasteiger partial charge is 0.390 e. The average Bonchev–Trinajstić information content (AvgIpc) is 2.67.